The SMILES string of the molecule is CCC(C(=O)O)N(CCOC)CC(C)C. The normalized spacial score (nSPS) is 13.5. The number of aliphatic carboxylic acids is 1. The fraction of sp³-hybridized carbons (Fsp3) is 0.909. The van der Waals surface area contributed by atoms with Gasteiger partial charge in [-0.05, 0) is 12.3 Å². The van der Waals surface area contributed by atoms with Gasteiger partial charge in [-0.25, -0.2) is 0 Å². The van der Waals surface area contributed by atoms with E-state index in [0.29, 0.717) is 25.5 Å². The van der Waals surface area contributed by atoms with Crippen LogP contribution in [0.15, 0.2) is 0 Å². The molecule has 0 aliphatic heterocycles. The summed E-state index contributed by atoms with van der Waals surface area (Å²) in [5, 5.41) is 9.07. The van der Waals surface area contributed by atoms with Gasteiger partial charge in [-0.3, -0.25) is 9.69 Å². The third-order valence-corrected chi connectivity index (χ3v) is 2.29. The first-order chi connectivity index (χ1) is 7.02. The summed E-state index contributed by atoms with van der Waals surface area (Å²) in [5.74, 6) is -0.274. The number of rotatable bonds is 8. The fourth-order valence-corrected chi connectivity index (χ4v) is 1.64. The standard InChI is InChI=1S/C11H23NO3/c1-5-10(11(13)14)12(6-7-15-4)8-9(2)3/h9-10H,5-8H2,1-4H3,(H,13,14). The molecular weight excluding hydrogens is 194 g/mol. The highest BCUT2D eigenvalue weighted by atomic mass is 16.5. The molecule has 0 heterocycles. The van der Waals surface area contributed by atoms with Crippen LogP contribution in [0.4, 0.5) is 0 Å². The predicted octanol–water partition coefficient (Wildman–Crippen LogP) is 1.45. The maximum Gasteiger partial charge on any atom is 0.320 e. The van der Waals surface area contributed by atoms with Crippen LogP contribution in [0.25, 0.3) is 0 Å². The highest BCUT2D eigenvalue weighted by Crippen LogP contribution is 2.08. The zero-order valence-electron chi connectivity index (χ0n) is 10.2. The Morgan fingerprint density at radius 1 is 1.47 bits per heavy atom. The first-order valence-electron chi connectivity index (χ1n) is 5.48. The van der Waals surface area contributed by atoms with Crippen LogP contribution in [0, 0.1) is 5.92 Å². The lowest BCUT2D eigenvalue weighted by Gasteiger charge is -2.29. The monoisotopic (exact) mass is 217 g/mol. The molecule has 0 saturated carbocycles. The first-order valence-corrected chi connectivity index (χ1v) is 5.48. The molecule has 1 unspecified atom stereocenters. The molecule has 0 spiro atoms. The number of ether oxygens (including phenoxy) is 1. The molecule has 1 atom stereocenters. The molecule has 0 radical (unpaired) electrons. The van der Waals surface area contributed by atoms with Crippen LogP contribution in [-0.4, -0.2) is 48.8 Å². The van der Waals surface area contributed by atoms with Crippen molar-refractivity contribution in [1.29, 1.82) is 0 Å². The fourth-order valence-electron chi connectivity index (χ4n) is 1.64. The van der Waals surface area contributed by atoms with Gasteiger partial charge in [0.15, 0.2) is 0 Å². The van der Waals surface area contributed by atoms with Crippen LogP contribution in [0.5, 0.6) is 0 Å². The summed E-state index contributed by atoms with van der Waals surface area (Å²) < 4.78 is 4.99. The Kier molecular flexibility index (Phi) is 7.34. The number of methoxy groups -OCH3 is 1. The van der Waals surface area contributed by atoms with Gasteiger partial charge in [0, 0.05) is 20.2 Å². The number of hydrogen-bond acceptors (Lipinski definition) is 3. The van der Waals surface area contributed by atoms with E-state index in [1.165, 1.54) is 0 Å². The van der Waals surface area contributed by atoms with Crippen LogP contribution >= 0.6 is 0 Å². The number of nitrogens with zero attached hydrogens (tertiary/aromatic N) is 1. The molecule has 0 aliphatic rings. The molecule has 0 aromatic carbocycles. The minimum absolute atomic E-state index is 0.387. The molecule has 1 N–H and O–H groups in total. The lowest BCUT2D eigenvalue weighted by Crippen LogP contribution is -2.44. The number of carboxylic acids is 1. The van der Waals surface area contributed by atoms with Crippen molar-refractivity contribution in [2.75, 3.05) is 26.8 Å². The summed E-state index contributed by atoms with van der Waals surface area (Å²) >= 11 is 0. The second-order valence-corrected chi connectivity index (χ2v) is 4.14. The molecule has 4 nitrogen and oxygen atoms in total. The lowest BCUT2D eigenvalue weighted by molar-refractivity contribution is -0.143. The second-order valence-electron chi connectivity index (χ2n) is 4.14. The van der Waals surface area contributed by atoms with Crippen molar-refractivity contribution in [3.63, 3.8) is 0 Å². The second kappa shape index (κ2) is 7.65. The van der Waals surface area contributed by atoms with Crippen molar-refractivity contribution < 1.29 is 14.6 Å². The van der Waals surface area contributed by atoms with E-state index < -0.39 is 5.97 Å². The topological polar surface area (TPSA) is 49.8 Å². The Morgan fingerprint density at radius 2 is 2.07 bits per heavy atom. The van der Waals surface area contributed by atoms with Crippen LogP contribution < -0.4 is 0 Å². The van der Waals surface area contributed by atoms with Gasteiger partial charge in [-0.15, -0.1) is 0 Å². The molecule has 0 aromatic heterocycles. The maximum atomic E-state index is 11.0. The smallest absolute Gasteiger partial charge is 0.320 e. The highest BCUT2D eigenvalue weighted by Gasteiger charge is 2.23. The molecule has 0 aromatic rings. The van der Waals surface area contributed by atoms with E-state index in [0.717, 1.165) is 6.54 Å². The number of hydrogen-bond donors (Lipinski definition) is 1. The van der Waals surface area contributed by atoms with E-state index >= 15 is 0 Å². The first kappa shape index (κ1) is 14.4. The third kappa shape index (κ3) is 5.74. The van der Waals surface area contributed by atoms with Crippen molar-refractivity contribution in [3.05, 3.63) is 0 Å². The van der Waals surface area contributed by atoms with Gasteiger partial charge in [0.2, 0.25) is 0 Å². The zero-order chi connectivity index (χ0) is 11.8. The van der Waals surface area contributed by atoms with E-state index in [4.69, 9.17) is 9.84 Å². The Labute approximate surface area is 92.2 Å². The molecule has 15 heavy (non-hydrogen) atoms. The quantitative estimate of drug-likeness (QED) is 0.668. The van der Waals surface area contributed by atoms with Gasteiger partial charge in [0.05, 0.1) is 6.61 Å². The van der Waals surface area contributed by atoms with Crippen LogP contribution in [0.3, 0.4) is 0 Å². The van der Waals surface area contributed by atoms with E-state index in [2.05, 4.69) is 13.8 Å². The van der Waals surface area contributed by atoms with Gasteiger partial charge in [-0.2, -0.15) is 0 Å². The number of carbonyl (C=O) groups is 1. The van der Waals surface area contributed by atoms with E-state index in [9.17, 15) is 4.79 Å². The largest absolute Gasteiger partial charge is 0.480 e. The summed E-state index contributed by atoms with van der Waals surface area (Å²) in [6.07, 6.45) is 0.631. The molecule has 0 aliphatic carbocycles. The molecule has 0 saturated heterocycles. The highest BCUT2D eigenvalue weighted by molar-refractivity contribution is 5.73. The number of carboxylic acid groups (broad SMARTS) is 1. The van der Waals surface area contributed by atoms with Gasteiger partial charge < -0.3 is 9.84 Å². The minimum atomic E-state index is -0.741. The maximum absolute atomic E-state index is 11.0. The predicted molar refractivity (Wildman–Crippen MR) is 60.0 cm³/mol. The summed E-state index contributed by atoms with van der Waals surface area (Å²) in [6.45, 7) is 8.14. The summed E-state index contributed by atoms with van der Waals surface area (Å²) in [6, 6.07) is -0.387. The molecular formula is C11H23NO3. The van der Waals surface area contributed by atoms with E-state index in [1.54, 1.807) is 7.11 Å². The van der Waals surface area contributed by atoms with Crippen LogP contribution in [-0.2, 0) is 9.53 Å². The third-order valence-electron chi connectivity index (χ3n) is 2.29. The molecule has 90 valence electrons. The van der Waals surface area contributed by atoms with Gasteiger partial charge in [0.25, 0.3) is 0 Å². The van der Waals surface area contributed by atoms with Crippen molar-refractivity contribution in [2.45, 2.75) is 33.2 Å². The summed E-state index contributed by atoms with van der Waals surface area (Å²) in [4.78, 5) is 13.0. The van der Waals surface area contributed by atoms with Crippen molar-refractivity contribution in [3.8, 4) is 0 Å². The summed E-state index contributed by atoms with van der Waals surface area (Å²) in [7, 11) is 1.63. The Morgan fingerprint density at radius 3 is 2.40 bits per heavy atom. The molecule has 0 bridgehead atoms. The minimum Gasteiger partial charge on any atom is -0.480 e. The average Bonchev–Trinajstić information content (AvgIpc) is 2.13. The molecule has 4 heteroatoms. The van der Waals surface area contributed by atoms with Crippen molar-refractivity contribution >= 4 is 5.97 Å². The zero-order valence-corrected chi connectivity index (χ0v) is 10.2. The Balaban J connectivity index is 4.35. The van der Waals surface area contributed by atoms with Gasteiger partial charge >= 0.3 is 5.97 Å². The van der Waals surface area contributed by atoms with Crippen LogP contribution in [0.1, 0.15) is 27.2 Å². The van der Waals surface area contributed by atoms with Crippen LogP contribution in [0.2, 0.25) is 0 Å². The van der Waals surface area contributed by atoms with Crippen molar-refractivity contribution in [1.82, 2.24) is 4.90 Å². The lowest BCUT2D eigenvalue weighted by atomic mass is 10.1. The van der Waals surface area contributed by atoms with Gasteiger partial charge in [0.1, 0.15) is 6.04 Å². The average molecular weight is 217 g/mol. The van der Waals surface area contributed by atoms with E-state index in [1.807, 2.05) is 11.8 Å². The Hall–Kier alpha value is -0.610. The van der Waals surface area contributed by atoms with Gasteiger partial charge in [-0.1, -0.05) is 20.8 Å². The summed E-state index contributed by atoms with van der Waals surface area (Å²) in [5.41, 5.74) is 0. The Bertz CT molecular complexity index is 183. The molecule has 0 fully saturated rings. The molecule has 0 rings (SSSR count). The van der Waals surface area contributed by atoms with Crippen molar-refractivity contribution in [2.24, 2.45) is 5.92 Å². The van der Waals surface area contributed by atoms with E-state index in [-0.39, 0.29) is 6.04 Å². The molecule has 0 amide bonds.